The number of unbranched alkanes of at least 4 members (excludes halogenated alkanes) is 2. The highest BCUT2D eigenvalue weighted by molar-refractivity contribution is 14.1. The molecule has 0 saturated heterocycles. The van der Waals surface area contributed by atoms with Gasteiger partial charge in [0.2, 0.25) is 0 Å². The van der Waals surface area contributed by atoms with Gasteiger partial charge < -0.3 is 9.47 Å². The van der Waals surface area contributed by atoms with Gasteiger partial charge in [0.15, 0.2) is 0 Å². The number of ether oxygens (including phenoxy) is 2. The van der Waals surface area contributed by atoms with Crippen LogP contribution >= 0.6 is 22.6 Å². The van der Waals surface area contributed by atoms with E-state index in [1.54, 1.807) is 0 Å². The lowest BCUT2D eigenvalue weighted by molar-refractivity contribution is 0.0488. The first kappa shape index (κ1) is 14.3. The van der Waals surface area contributed by atoms with Gasteiger partial charge in [0.25, 0.3) is 0 Å². The second-order valence-corrected chi connectivity index (χ2v) is 4.97. The minimum absolute atomic E-state index is 0.267. The van der Waals surface area contributed by atoms with Crippen molar-refractivity contribution in [2.24, 2.45) is 0 Å². The highest BCUT2D eigenvalue weighted by Gasteiger charge is 2.03. The van der Waals surface area contributed by atoms with E-state index in [9.17, 15) is 4.79 Å². The van der Waals surface area contributed by atoms with E-state index in [4.69, 9.17) is 9.47 Å². The zero-order valence-corrected chi connectivity index (χ0v) is 12.1. The summed E-state index contributed by atoms with van der Waals surface area (Å²) in [5.41, 5.74) is 0.968. The molecule has 0 amide bonds. The predicted molar refractivity (Wildman–Crippen MR) is 74.8 cm³/mol. The quantitative estimate of drug-likeness (QED) is 0.440. The Balaban J connectivity index is 2.17. The molecule has 3 nitrogen and oxygen atoms in total. The van der Waals surface area contributed by atoms with Crippen LogP contribution in [0.15, 0.2) is 24.3 Å². The molecule has 0 N–H and O–H groups in total. The van der Waals surface area contributed by atoms with Gasteiger partial charge in [-0.1, -0.05) is 31.9 Å². The molecule has 0 heterocycles. The van der Waals surface area contributed by atoms with E-state index in [0.29, 0.717) is 6.61 Å². The highest BCUT2D eigenvalue weighted by atomic mass is 127. The predicted octanol–water partition coefficient (Wildman–Crippen LogP) is 4.13. The number of hydrogen-bond donors (Lipinski definition) is 0. The van der Waals surface area contributed by atoms with Crippen molar-refractivity contribution in [3.05, 3.63) is 33.4 Å². The zero-order chi connectivity index (χ0) is 12.5. The summed E-state index contributed by atoms with van der Waals surface area (Å²) in [6.45, 7) is 2.82. The molecule has 0 spiro atoms. The molecule has 4 heteroatoms. The normalized spacial score (nSPS) is 10.0. The van der Waals surface area contributed by atoms with E-state index in [1.807, 2.05) is 24.3 Å². The van der Waals surface area contributed by atoms with Crippen LogP contribution in [0.1, 0.15) is 31.7 Å². The topological polar surface area (TPSA) is 35.5 Å². The van der Waals surface area contributed by atoms with Crippen molar-refractivity contribution in [2.45, 2.75) is 32.8 Å². The van der Waals surface area contributed by atoms with Crippen LogP contribution in [0.2, 0.25) is 0 Å². The van der Waals surface area contributed by atoms with Gasteiger partial charge in [-0.25, -0.2) is 4.79 Å². The molecule has 1 aromatic carbocycles. The summed E-state index contributed by atoms with van der Waals surface area (Å²) < 4.78 is 11.1. The molecule has 0 atom stereocenters. The summed E-state index contributed by atoms with van der Waals surface area (Å²) >= 11 is 2.23. The van der Waals surface area contributed by atoms with E-state index in [2.05, 4.69) is 29.5 Å². The average Bonchev–Trinajstić information content (AvgIpc) is 2.34. The minimum atomic E-state index is -0.584. The van der Waals surface area contributed by atoms with Crippen LogP contribution in [-0.2, 0) is 16.1 Å². The van der Waals surface area contributed by atoms with Gasteiger partial charge in [0, 0.05) is 3.57 Å². The van der Waals surface area contributed by atoms with E-state index >= 15 is 0 Å². The highest BCUT2D eigenvalue weighted by Crippen LogP contribution is 2.08. The molecule has 0 aliphatic rings. The standard InChI is InChI=1S/C13H17IO3/c1-2-3-4-9-16-13(15)17-10-11-5-7-12(14)8-6-11/h5-8H,2-4,9-10H2,1H3. The Labute approximate surface area is 116 Å². The lowest BCUT2D eigenvalue weighted by Gasteiger charge is -2.06. The SMILES string of the molecule is CCCCCOC(=O)OCc1ccc(I)cc1. The first-order valence-corrected chi connectivity index (χ1v) is 6.84. The Morgan fingerprint density at radius 1 is 1.18 bits per heavy atom. The molecule has 0 bridgehead atoms. The second kappa shape index (κ2) is 8.33. The Morgan fingerprint density at radius 2 is 1.88 bits per heavy atom. The van der Waals surface area contributed by atoms with E-state index in [-0.39, 0.29) is 6.61 Å². The first-order chi connectivity index (χ1) is 8.22. The maximum atomic E-state index is 11.2. The van der Waals surface area contributed by atoms with Gasteiger partial charge in [-0.3, -0.25) is 0 Å². The molecule has 1 aromatic rings. The lowest BCUT2D eigenvalue weighted by Crippen LogP contribution is -2.08. The van der Waals surface area contributed by atoms with Gasteiger partial charge in [0.1, 0.15) is 6.61 Å². The summed E-state index contributed by atoms with van der Waals surface area (Å²) in [7, 11) is 0. The smallest absolute Gasteiger partial charge is 0.434 e. The van der Waals surface area contributed by atoms with Gasteiger partial charge in [0.05, 0.1) is 6.61 Å². The van der Waals surface area contributed by atoms with Crippen molar-refractivity contribution in [3.8, 4) is 0 Å². The molecule has 1 rings (SSSR count). The van der Waals surface area contributed by atoms with Crippen LogP contribution in [0.25, 0.3) is 0 Å². The minimum Gasteiger partial charge on any atom is -0.434 e. The summed E-state index contributed by atoms with van der Waals surface area (Å²) in [6.07, 6.45) is 2.50. The fourth-order valence-electron chi connectivity index (χ4n) is 1.27. The number of hydrogen-bond acceptors (Lipinski definition) is 3. The van der Waals surface area contributed by atoms with Crippen molar-refractivity contribution in [2.75, 3.05) is 6.61 Å². The van der Waals surface area contributed by atoms with Gasteiger partial charge in [-0.05, 0) is 46.7 Å². The van der Waals surface area contributed by atoms with Crippen molar-refractivity contribution >= 4 is 28.7 Å². The summed E-state index contributed by atoms with van der Waals surface area (Å²) in [5.74, 6) is 0. The third-order valence-corrected chi connectivity index (χ3v) is 2.96. The van der Waals surface area contributed by atoms with Crippen molar-refractivity contribution in [1.29, 1.82) is 0 Å². The van der Waals surface area contributed by atoms with Gasteiger partial charge in [-0.2, -0.15) is 0 Å². The van der Waals surface area contributed by atoms with Crippen molar-refractivity contribution < 1.29 is 14.3 Å². The Bertz CT molecular complexity index is 335. The van der Waals surface area contributed by atoms with E-state index in [1.165, 1.54) is 0 Å². The molecular weight excluding hydrogens is 331 g/mol. The zero-order valence-electron chi connectivity index (χ0n) is 9.95. The number of benzene rings is 1. The van der Waals surface area contributed by atoms with Crippen molar-refractivity contribution in [1.82, 2.24) is 0 Å². The Morgan fingerprint density at radius 3 is 2.53 bits per heavy atom. The molecular formula is C13H17IO3. The lowest BCUT2D eigenvalue weighted by atomic mass is 10.2. The fourth-order valence-corrected chi connectivity index (χ4v) is 1.63. The number of carbonyl (C=O) groups excluding carboxylic acids is 1. The molecule has 0 fully saturated rings. The summed E-state index contributed by atoms with van der Waals surface area (Å²) in [6, 6.07) is 7.83. The average molecular weight is 348 g/mol. The van der Waals surface area contributed by atoms with Crippen LogP contribution in [0, 0.1) is 3.57 Å². The van der Waals surface area contributed by atoms with Crippen LogP contribution in [0.3, 0.4) is 0 Å². The van der Waals surface area contributed by atoms with Crippen LogP contribution in [0.5, 0.6) is 0 Å². The Hall–Kier alpha value is -0.780. The maximum Gasteiger partial charge on any atom is 0.508 e. The summed E-state index contributed by atoms with van der Waals surface area (Å²) in [5, 5.41) is 0. The van der Waals surface area contributed by atoms with Gasteiger partial charge in [-0.15, -0.1) is 0 Å². The van der Waals surface area contributed by atoms with Crippen molar-refractivity contribution in [3.63, 3.8) is 0 Å². The molecule has 0 aliphatic heterocycles. The molecule has 0 saturated carbocycles. The van der Waals surface area contributed by atoms with E-state index < -0.39 is 6.16 Å². The third-order valence-electron chi connectivity index (χ3n) is 2.24. The van der Waals surface area contributed by atoms with Gasteiger partial charge >= 0.3 is 6.16 Å². The first-order valence-electron chi connectivity index (χ1n) is 5.76. The molecule has 0 radical (unpaired) electrons. The molecule has 0 unspecified atom stereocenters. The second-order valence-electron chi connectivity index (χ2n) is 3.72. The van der Waals surface area contributed by atoms with Crippen LogP contribution < -0.4 is 0 Å². The Kier molecular flexibility index (Phi) is 7.00. The molecule has 0 aromatic heterocycles. The molecule has 94 valence electrons. The third kappa shape index (κ3) is 6.51. The number of carbonyl (C=O) groups is 1. The number of rotatable bonds is 6. The van der Waals surface area contributed by atoms with Crippen LogP contribution in [-0.4, -0.2) is 12.8 Å². The number of halogens is 1. The fraction of sp³-hybridized carbons (Fsp3) is 0.462. The van der Waals surface area contributed by atoms with E-state index in [0.717, 1.165) is 28.4 Å². The van der Waals surface area contributed by atoms with Crippen LogP contribution in [0.4, 0.5) is 4.79 Å². The monoisotopic (exact) mass is 348 g/mol. The largest absolute Gasteiger partial charge is 0.508 e. The summed E-state index contributed by atoms with van der Waals surface area (Å²) in [4.78, 5) is 11.2. The maximum absolute atomic E-state index is 11.2. The molecule has 17 heavy (non-hydrogen) atoms. The molecule has 0 aliphatic carbocycles.